The minimum absolute atomic E-state index is 0.0814. The van der Waals surface area contributed by atoms with Gasteiger partial charge in [-0.25, -0.2) is 4.39 Å². The van der Waals surface area contributed by atoms with E-state index in [2.05, 4.69) is 0 Å². The summed E-state index contributed by atoms with van der Waals surface area (Å²) in [7, 11) is 0. The van der Waals surface area contributed by atoms with E-state index in [1.165, 1.54) is 0 Å². The summed E-state index contributed by atoms with van der Waals surface area (Å²) in [5.41, 5.74) is -0.0608. The molecule has 0 amide bonds. The van der Waals surface area contributed by atoms with Crippen molar-refractivity contribution < 1.29 is 14.1 Å². The Hall–Kier alpha value is -1.78. The molecule has 0 radical (unpaired) electrons. The van der Waals surface area contributed by atoms with E-state index in [-0.39, 0.29) is 23.5 Å². The second-order valence-electron chi connectivity index (χ2n) is 3.50. The van der Waals surface area contributed by atoms with Gasteiger partial charge in [0, 0.05) is 24.5 Å². The highest BCUT2D eigenvalue weighted by molar-refractivity contribution is 5.81. The number of hydrogen-bond donors (Lipinski definition) is 0. The molecule has 0 aromatic heterocycles. The molecular weight excluding hydrogens is 213 g/mol. The fourth-order valence-electron chi connectivity index (χ4n) is 1.45. The predicted octanol–water partition coefficient (Wildman–Crippen LogP) is 2.65. The van der Waals surface area contributed by atoms with Crippen LogP contribution in [0.2, 0.25) is 0 Å². The Bertz CT molecular complexity index is 418. The third-order valence-corrected chi connectivity index (χ3v) is 2.15. The second-order valence-corrected chi connectivity index (χ2v) is 3.50. The Kier molecular flexibility index (Phi) is 4.10. The molecule has 1 aromatic rings. The molecule has 16 heavy (non-hydrogen) atoms. The highest BCUT2D eigenvalue weighted by atomic mass is 19.1. The lowest BCUT2D eigenvalue weighted by Crippen LogP contribution is -2.05. The highest BCUT2D eigenvalue weighted by Crippen LogP contribution is 2.20. The number of benzene rings is 1. The van der Waals surface area contributed by atoms with Crippen LogP contribution in [0.4, 0.5) is 10.1 Å². The quantitative estimate of drug-likeness (QED) is 0.571. The molecular formula is C11H12FNO3. The number of rotatable bonds is 5. The van der Waals surface area contributed by atoms with Gasteiger partial charge >= 0.3 is 0 Å². The van der Waals surface area contributed by atoms with Crippen LogP contribution in [0, 0.1) is 15.9 Å². The van der Waals surface area contributed by atoms with Gasteiger partial charge in [0.25, 0.3) is 5.69 Å². The van der Waals surface area contributed by atoms with E-state index in [1.54, 1.807) is 0 Å². The van der Waals surface area contributed by atoms with Gasteiger partial charge in [-0.15, -0.1) is 0 Å². The van der Waals surface area contributed by atoms with E-state index in [0.29, 0.717) is 12.8 Å². The van der Waals surface area contributed by atoms with E-state index in [1.807, 2.05) is 6.92 Å². The maximum atomic E-state index is 12.9. The molecule has 86 valence electrons. The molecule has 0 saturated carbocycles. The van der Waals surface area contributed by atoms with Crippen LogP contribution < -0.4 is 0 Å². The van der Waals surface area contributed by atoms with Crippen LogP contribution in [-0.4, -0.2) is 10.7 Å². The van der Waals surface area contributed by atoms with Crippen molar-refractivity contribution in [2.24, 2.45) is 0 Å². The van der Waals surface area contributed by atoms with Crippen molar-refractivity contribution in [3.63, 3.8) is 0 Å². The summed E-state index contributed by atoms with van der Waals surface area (Å²) in [5.74, 6) is -0.680. The SMILES string of the molecule is CCCC(=O)Cc1cc(F)ccc1[N+](=O)[O-]. The minimum Gasteiger partial charge on any atom is -0.299 e. The first-order valence-electron chi connectivity index (χ1n) is 4.99. The van der Waals surface area contributed by atoms with Crippen molar-refractivity contribution in [1.29, 1.82) is 0 Å². The van der Waals surface area contributed by atoms with Gasteiger partial charge in [0.2, 0.25) is 0 Å². The molecule has 0 aliphatic rings. The topological polar surface area (TPSA) is 60.2 Å². The first-order valence-corrected chi connectivity index (χ1v) is 4.99. The molecule has 0 bridgehead atoms. The zero-order valence-electron chi connectivity index (χ0n) is 8.90. The molecule has 0 heterocycles. The summed E-state index contributed by atoms with van der Waals surface area (Å²) in [4.78, 5) is 21.4. The van der Waals surface area contributed by atoms with Crippen LogP contribution in [0.25, 0.3) is 0 Å². The number of hydrogen-bond acceptors (Lipinski definition) is 3. The number of Topliss-reactive ketones (excluding diaryl/α,β-unsaturated/α-hetero) is 1. The van der Waals surface area contributed by atoms with E-state index in [9.17, 15) is 19.3 Å². The fraction of sp³-hybridized carbons (Fsp3) is 0.364. The number of ketones is 1. The molecule has 5 heteroatoms. The summed E-state index contributed by atoms with van der Waals surface area (Å²) in [6.07, 6.45) is 0.956. The molecule has 0 N–H and O–H groups in total. The Morgan fingerprint density at radius 3 is 2.75 bits per heavy atom. The molecule has 1 aromatic carbocycles. The largest absolute Gasteiger partial charge is 0.299 e. The fourth-order valence-corrected chi connectivity index (χ4v) is 1.45. The lowest BCUT2D eigenvalue weighted by Gasteiger charge is -2.02. The standard InChI is InChI=1S/C11H12FNO3/c1-2-3-10(14)7-8-6-9(12)4-5-11(8)13(15)16/h4-6H,2-3,7H2,1H3. The zero-order valence-corrected chi connectivity index (χ0v) is 8.90. The normalized spacial score (nSPS) is 10.1. The summed E-state index contributed by atoms with van der Waals surface area (Å²) >= 11 is 0. The van der Waals surface area contributed by atoms with E-state index in [0.717, 1.165) is 18.2 Å². The maximum Gasteiger partial charge on any atom is 0.273 e. The van der Waals surface area contributed by atoms with Crippen molar-refractivity contribution in [3.8, 4) is 0 Å². The Morgan fingerprint density at radius 2 is 2.19 bits per heavy atom. The zero-order chi connectivity index (χ0) is 12.1. The van der Waals surface area contributed by atoms with Gasteiger partial charge in [-0.2, -0.15) is 0 Å². The molecule has 4 nitrogen and oxygen atoms in total. The van der Waals surface area contributed by atoms with Crippen LogP contribution in [0.5, 0.6) is 0 Å². The number of halogens is 1. The third-order valence-electron chi connectivity index (χ3n) is 2.15. The smallest absolute Gasteiger partial charge is 0.273 e. The molecule has 0 aliphatic carbocycles. The highest BCUT2D eigenvalue weighted by Gasteiger charge is 2.16. The van der Waals surface area contributed by atoms with E-state index >= 15 is 0 Å². The van der Waals surface area contributed by atoms with Gasteiger partial charge in [-0.05, 0) is 18.6 Å². The Morgan fingerprint density at radius 1 is 1.50 bits per heavy atom. The third kappa shape index (κ3) is 3.12. The van der Waals surface area contributed by atoms with Crippen LogP contribution in [-0.2, 0) is 11.2 Å². The van der Waals surface area contributed by atoms with Crippen molar-refractivity contribution in [2.75, 3.05) is 0 Å². The average molecular weight is 225 g/mol. The van der Waals surface area contributed by atoms with Crippen molar-refractivity contribution >= 4 is 11.5 Å². The molecule has 0 spiro atoms. The van der Waals surface area contributed by atoms with Crippen molar-refractivity contribution in [1.82, 2.24) is 0 Å². The minimum atomic E-state index is -0.603. The lowest BCUT2D eigenvalue weighted by atomic mass is 10.0. The Labute approximate surface area is 92.2 Å². The second kappa shape index (κ2) is 5.34. The van der Waals surface area contributed by atoms with Crippen LogP contribution >= 0.6 is 0 Å². The Balaban J connectivity index is 2.96. The molecule has 1 rings (SSSR count). The first kappa shape index (κ1) is 12.3. The van der Waals surface area contributed by atoms with Gasteiger partial charge in [-0.1, -0.05) is 6.92 Å². The van der Waals surface area contributed by atoms with Gasteiger partial charge in [-0.3, -0.25) is 14.9 Å². The summed E-state index contributed by atoms with van der Waals surface area (Å²) in [5, 5.41) is 10.6. The van der Waals surface area contributed by atoms with Gasteiger partial charge in [0.15, 0.2) is 0 Å². The summed E-state index contributed by atoms with van der Waals surface area (Å²) in [6.45, 7) is 1.85. The number of nitro benzene ring substituents is 1. The number of nitro groups is 1. The van der Waals surface area contributed by atoms with Crippen molar-refractivity contribution in [2.45, 2.75) is 26.2 Å². The molecule has 0 saturated heterocycles. The van der Waals surface area contributed by atoms with Gasteiger partial charge in [0.1, 0.15) is 11.6 Å². The molecule has 0 fully saturated rings. The lowest BCUT2D eigenvalue weighted by molar-refractivity contribution is -0.385. The maximum absolute atomic E-state index is 12.9. The van der Waals surface area contributed by atoms with Gasteiger partial charge in [0.05, 0.1) is 4.92 Å². The number of carbonyl (C=O) groups excluding carboxylic acids is 1. The van der Waals surface area contributed by atoms with Crippen LogP contribution in [0.15, 0.2) is 18.2 Å². The molecule has 0 unspecified atom stereocenters. The van der Waals surface area contributed by atoms with E-state index in [4.69, 9.17) is 0 Å². The average Bonchev–Trinajstić information content (AvgIpc) is 2.17. The number of carbonyl (C=O) groups is 1. The van der Waals surface area contributed by atoms with E-state index < -0.39 is 10.7 Å². The monoisotopic (exact) mass is 225 g/mol. The van der Waals surface area contributed by atoms with Crippen molar-refractivity contribution in [3.05, 3.63) is 39.7 Å². The first-order chi connectivity index (χ1) is 7.54. The van der Waals surface area contributed by atoms with Gasteiger partial charge < -0.3 is 0 Å². The summed E-state index contributed by atoms with van der Waals surface area (Å²) < 4.78 is 12.9. The van der Waals surface area contributed by atoms with Crippen LogP contribution in [0.3, 0.4) is 0 Å². The molecule has 0 atom stereocenters. The number of nitrogens with zero attached hydrogens (tertiary/aromatic N) is 1. The summed E-state index contributed by atoms with van der Waals surface area (Å²) in [6, 6.07) is 3.15. The van der Waals surface area contributed by atoms with Crippen LogP contribution in [0.1, 0.15) is 25.3 Å². The molecule has 0 aliphatic heterocycles. The predicted molar refractivity (Wildman–Crippen MR) is 56.7 cm³/mol.